The van der Waals surface area contributed by atoms with Crippen LogP contribution in [-0.4, -0.2) is 22.4 Å². The smallest absolute Gasteiger partial charge is 0.255 e. The lowest BCUT2D eigenvalue weighted by Gasteiger charge is -2.07. The number of carbonyl (C=O) groups is 1. The predicted octanol–water partition coefficient (Wildman–Crippen LogP) is 4.32. The fourth-order valence-corrected chi connectivity index (χ4v) is 3.24. The largest absolute Gasteiger partial charge is 0.497 e. The number of hydrogen-bond acceptors (Lipinski definition) is 4. The number of carbonyl (C=O) groups excluding carboxylic acids is 1. The van der Waals surface area contributed by atoms with Crippen LogP contribution in [-0.2, 0) is 0 Å². The molecule has 1 N–H and O–H groups in total. The zero-order chi connectivity index (χ0) is 17.2. The van der Waals surface area contributed by atoms with Crippen LogP contribution in [0.5, 0.6) is 5.75 Å². The van der Waals surface area contributed by atoms with Gasteiger partial charge in [-0.1, -0.05) is 12.1 Å². The maximum Gasteiger partial charge on any atom is 0.255 e. The Hall–Kier alpha value is -3.12. The molecule has 0 aliphatic heterocycles. The van der Waals surface area contributed by atoms with Gasteiger partial charge in [-0.2, -0.15) is 0 Å². The van der Waals surface area contributed by atoms with Crippen molar-refractivity contribution in [3.63, 3.8) is 0 Å². The predicted molar refractivity (Wildman–Crippen MR) is 99.5 cm³/mol. The van der Waals surface area contributed by atoms with Crippen molar-refractivity contribution in [3.05, 3.63) is 71.9 Å². The minimum atomic E-state index is -0.155. The standard InChI is InChI=1S/C19H15N3O2S/c1-24-16-8-4-14(5-9-16)18(23)20-15-6-2-13(3-7-15)17-12-22-10-11-25-19(22)21-17/h2-12H,1H3,(H,20,23). The molecule has 0 fully saturated rings. The summed E-state index contributed by atoms with van der Waals surface area (Å²) in [5.41, 5.74) is 3.25. The molecule has 4 aromatic rings. The normalized spacial score (nSPS) is 10.8. The molecule has 0 aliphatic carbocycles. The molecule has 5 nitrogen and oxygen atoms in total. The van der Waals surface area contributed by atoms with E-state index in [0.29, 0.717) is 5.56 Å². The Morgan fingerprint density at radius 2 is 1.88 bits per heavy atom. The first-order valence-corrected chi connectivity index (χ1v) is 8.59. The summed E-state index contributed by atoms with van der Waals surface area (Å²) >= 11 is 1.60. The third-order valence-electron chi connectivity index (χ3n) is 3.88. The number of imidazole rings is 1. The van der Waals surface area contributed by atoms with Gasteiger partial charge in [0.15, 0.2) is 4.96 Å². The minimum Gasteiger partial charge on any atom is -0.497 e. The number of thiazole rings is 1. The Kier molecular flexibility index (Phi) is 3.95. The zero-order valence-corrected chi connectivity index (χ0v) is 14.3. The first-order valence-electron chi connectivity index (χ1n) is 7.71. The van der Waals surface area contributed by atoms with E-state index in [9.17, 15) is 4.79 Å². The highest BCUT2D eigenvalue weighted by molar-refractivity contribution is 7.15. The Balaban J connectivity index is 1.49. The number of nitrogens with one attached hydrogen (secondary N) is 1. The zero-order valence-electron chi connectivity index (χ0n) is 13.5. The van der Waals surface area contributed by atoms with Crippen LogP contribution in [0, 0.1) is 0 Å². The first-order chi connectivity index (χ1) is 12.2. The van der Waals surface area contributed by atoms with Gasteiger partial charge in [-0.25, -0.2) is 4.98 Å². The Labute approximate surface area is 148 Å². The third-order valence-corrected chi connectivity index (χ3v) is 4.65. The highest BCUT2D eigenvalue weighted by Crippen LogP contribution is 2.23. The van der Waals surface area contributed by atoms with E-state index in [-0.39, 0.29) is 5.91 Å². The van der Waals surface area contributed by atoms with E-state index in [1.165, 1.54) is 0 Å². The number of methoxy groups -OCH3 is 1. The average molecular weight is 349 g/mol. The highest BCUT2D eigenvalue weighted by Gasteiger charge is 2.08. The van der Waals surface area contributed by atoms with Crippen LogP contribution in [0.15, 0.2) is 66.3 Å². The van der Waals surface area contributed by atoms with E-state index in [1.54, 1.807) is 42.7 Å². The molecule has 124 valence electrons. The van der Waals surface area contributed by atoms with Gasteiger partial charge in [-0.05, 0) is 36.4 Å². The third kappa shape index (κ3) is 3.12. The maximum atomic E-state index is 12.3. The van der Waals surface area contributed by atoms with Crippen LogP contribution in [0.4, 0.5) is 5.69 Å². The fraction of sp³-hybridized carbons (Fsp3) is 0.0526. The van der Waals surface area contributed by atoms with Gasteiger partial charge < -0.3 is 10.1 Å². The summed E-state index contributed by atoms with van der Waals surface area (Å²) in [6, 6.07) is 14.7. The molecule has 0 saturated carbocycles. The van der Waals surface area contributed by atoms with Gasteiger partial charge in [0.1, 0.15) is 5.75 Å². The van der Waals surface area contributed by atoms with E-state index in [2.05, 4.69) is 10.3 Å². The van der Waals surface area contributed by atoms with Crippen LogP contribution in [0.3, 0.4) is 0 Å². The average Bonchev–Trinajstić information content (AvgIpc) is 3.24. The van der Waals surface area contributed by atoms with E-state index >= 15 is 0 Å². The van der Waals surface area contributed by atoms with Crippen molar-refractivity contribution in [2.24, 2.45) is 0 Å². The molecule has 25 heavy (non-hydrogen) atoms. The van der Waals surface area contributed by atoms with Crippen LogP contribution < -0.4 is 10.1 Å². The molecule has 6 heteroatoms. The lowest BCUT2D eigenvalue weighted by Crippen LogP contribution is -2.11. The van der Waals surface area contributed by atoms with E-state index in [4.69, 9.17) is 4.74 Å². The van der Waals surface area contributed by atoms with Gasteiger partial charge in [-0.3, -0.25) is 9.20 Å². The number of fused-ring (bicyclic) bond motifs is 1. The van der Waals surface area contributed by atoms with Crippen molar-refractivity contribution in [2.75, 3.05) is 12.4 Å². The van der Waals surface area contributed by atoms with Crippen molar-refractivity contribution in [1.29, 1.82) is 0 Å². The molecule has 0 spiro atoms. The molecular formula is C19H15N3O2S. The molecule has 0 unspecified atom stereocenters. The summed E-state index contributed by atoms with van der Waals surface area (Å²) in [5, 5.41) is 4.90. The summed E-state index contributed by atoms with van der Waals surface area (Å²) in [5.74, 6) is 0.568. The Morgan fingerprint density at radius 3 is 2.56 bits per heavy atom. The Morgan fingerprint density at radius 1 is 1.12 bits per heavy atom. The molecular weight excluding hydrogens is 334 g/mol. The minimum absolute atomic E-state index is 0.155. The van der Waals surface area contributed by atoms with Crippen molar-refractivity contribution in [2.45, 2.75) is 0 Å². The van der Waals surface area contributed by atoms with Crippen molar-refractivity contribution in [3.8, 4) is 17.0 Å². The van der Waals surface area contributed by atoms with Crippen molar-refractivity contribution >= 4 is 27.9 Å². The number of hydrogen-bond donors (Lipinski definition) is 1. The van der Waals surface area contributed by atoms with Crippen LogP contribution >= 0.6 is 11.3 Å². The molecule has 2 heterocycles. The quantitative estimate of drug-likeness (QED) is 0.597. The summed E-state index contributed by atoms with van der Waals surface area (Å²) in [6.07, 6.45) is 3.98. The molecule has 2 aromatic heterocycles. The fourth-order valence-electron chi connectivity index (χ4n) is 2.54. The number of ether oxygens (including phenoxy) is 1. The lowest BCUT2D eigenvalue weighted by molar-refractivity contribution is 0.102. The van der Waals surface area contributed by atoms with Gasteiger partial charge in [0.05, 0.1) is 12.8 Å². The van der Waals surface area contributed by atoms with Crippen molar-refractivity contribution in [1.82, 2.24) is 9.38 Å². The van der Waals surface area contributed by atoms with E-state index in [0.717, 1.165) is 27.7 Å². The second-order valence-electron chi connectivity index (χ2n) is 5.48. The van der Waals surface area contributed by atoms with Crippen LogP contribution in [0.2, 0.25) is 0 Å². The number of anilines is 1. The van der Waals surface area contributed by atoms with Crippen LogP contribution in [0.25, 0.3) is 16.2 Å². The first kappa shape index (κ1) is 15.4. The number of aromatic nitrogens is 2. The summed E-state index contributed by atoms with van der Waals surface area (Å²) < 4.78 is 7.10. The molecule has 1 amide bonds. The second-order valence-corrected chi connectivity index (χ2v) is 6.35. The second kappa shape index (κ2) is 6.41. The number of benzene rings is 2. The topological polar surface area (TPSA) is 55.6 Å². The number of rotatable bonds is 4. The SMILES string of the molecule is COc1ccc(C(=O)Nc2ccc(-c3cn4ccsc4n3)cc2)cc1. The monoisotopic (exact) mass is 349 g/mol. The van der Waals surface area contributed by atoms with E-state index in [1.807, 2.05) is 46.4 Å². The molecule has 4 rings (SSSR count). The van der Waals surface area contributed by atoms with Gasteiger partial charge in [0.25, 0.3) is 5.91 Å². The molecule has 0 bridgehead atoms. The summed E-state index contributed by atoms with van der Waals surface area (Å²) in [4.78, 5) is 17.8. The van der Waals surface area contributed by atoms with Crippen LogP contribution in [0.1, 0.15) is 10.4 Å². The van der Waals surface area contributed by atoms with E-state index < -0.39 is 0 Å². The van der Waals surface area contributed by atoms with Gasteiger partial charge in [-0.15, -0.1) is 11.3 Å². The van der Waals surface area contributed by atoms with Crippen molar-refractivity contribution < 1.29 is 9.53 Å². The molecule has 0 atom stereocenters. The lowest BCUT2D eigenvalue weighted by atomic mass is 10.1. The summed E-state index contributed by atoms with van der Waals surface area (Å²) in [7, 11) is 1.60. The Bertz CT molecular complexity index is 988. The summed E-state index contributed by atoms with van der Waals surface area (Å²) in [6.45, 7) is 0. The molecule has 0 aliphatic rings. The highest BCUT2D eigenvalue weighted by atomic mass is 32.1. The number of nitrogens with zero attached hydrogens (tertiary/aromatic N) is 2. The van der Waals surface area contributed by atoms with Gasteiger partial charge in [0.2, 0.25) is 0 Å². The van der Waals surface area contributed by atoms with Gasteiger partial charge >= 0.3 is 0 Å². The molecule has 2 aromatic carbocycles. The van der Waals surface area contributed by atoms with Gasteiger partial charge in [0, 0.05) is 34.6 Å². The molecule has 0 saturated heterocycles. The maximum absolute atomic E-state index is 12.3. The molecule has 0 radical (unpaired) electrons. The number of amides is 1.